The minimum atomic E-state index is -1.71. The van der Waals surface area contributed by atoms with E-state index in [-0.39, 0.29) is 24.2 Å². The fourth-order valence-electron chi connectivity index (χ4n) is 12.1. The number of nitrogens with zero attached hydrogens (tertiary/aromatic N) is 2. The highest BCUT2D eigenvalue weighted by atomic mass is 16.7. The molecule has 3 saturated heterocycles. The standard InChI is InChI=1S/C40H60N2O15/c1-21-34(57-36-32(48)30(46)29(45)27(18-43)56-36)31(47)33(49)35(54-21)55-23-5-10-38(20-41-42-13-15-52-16-14-42)25-6-9-37(2)24(22-3-4-28(44)53-19-22)8-12-40(37,51)26(25)7-11-39(38,50)17-23/h3-4,19-21,23-27,29-36,43,45-51H,5-18H2,1-2H3/b41-20+/t21?,23-,24+,25-,26+,27?,29+,30?,31?,32?,33?,34-,35-,36-,37+,38-,39-,40-/m0/s1. The van der Waals surface area contributed by atoms with Gasteiger partial charge in [0.05, 0.1) is 62.6 Å². The summed E-state index contributed by atoms with van der Waals surface area (Å²) < 4.78 is 34.5. The molecule has 57 heavy (non-hydrogen) atoms. The summed E-state index contributed by atoms with van der Waals surface area (Å²) >= 11 is 0. The molecule has 0 spiro atoms. The lowest BCUT2D eigenvalue weighted by Gasteiger charge is -2.66. The summed E-state index contributed by atoms with van der Waals surface area (Å²) in [5.41, 5.74) is -3.07. The molecule has 1 aromatic rings. The Morgan fingerprint density at radius 1 is 0.860 bits per heavy atom. The van der Waals surface area contributed by atoms with Crippen LogP contribution in [0.4, 0.5) is 0 Å². The van der Waals surface area contributed by atoms with Crippen molar-refractivity contribution in [1.82, 2.24) is 5.01 Å². The van der Waals surface area contributed by atoms with E-state index in [0.29, 0.717) is 64.8 Å². The second-order valence-electron chi connectivity index (χ2n) is 18.0. The van der Waals surface area contributed by atoms with E-state index in [1.807, 2.05) is 17.3 Å². The zero-order valence-electron chi connectivity index (χ0n) is 32.6. The molecule has 7 fully saturated rings. The molecule has 18 atom stereocenters. The molecule has 0 aromatic carbocycles. The summed E-state index contributed by atoms with van der Waals surface area (Å²) in [5, 5.41) is 95.8. The highest BCUT2D eigenvalue weighted by Crippen LogP contribution is 2.71. The van der Waals surface area contributed by atoms with Gasteiger partial charge in [-0.2, -0.15) is 5.10 Å². The molecule has 0 amide bonds. The fraction of sp³-hybridized carbons (Fsp3) is 0.850. The Morgan fingerprint density at radius 3 is 2.30 bits per heavy atom. The van der Waals surface area contributed by atoms with Crippen LogP contribution in [-0.4, -0.2) is 164 Å². The second kappa shape index (κ2) is 15.7. The van der Waals surface area contributed by atoms with E-state index in [0.717, 1.165) is 18.4 Å². The van der Waals surface area contributed by atoms with Crippen LogP contribution in [0.2, 0.25) is 0 Å². The zero-order valence-corrected chi connectivity index (χ0v) is 32.6. The van der Waals surface area contributed by atoms with Crippen molar-refractivity contribution in [2.75, 3.05) is 32.9 Å². The van der Waals surface area contributed by atoms with Gasteiger partial charge in [0.1, 0.15) is 42.7 Å². The SMILES string of the molecule is CC1O[C@@H](O[C@H]2CC[C@]3(/C=N/N4CCOCC4)[C@H]4CC[C@]5(C)[C@@H](c6ccc(=O)oc6)CC[C@]5(O)[C@@H]4CC[C@]3(O)C2)C(O)C(O)[C@H]1O[C@@H]1OC(CO)[C@@H](O)C(O)C1O. The number of fused-ring (bicyclic) bond motifs is 5. The third-order valence-corrected chi connectivity index (χ3v) is 15.3. The molecule has 1 aromatic heterocycles. The van der Waals surface area contributed by atoms with E-state index in [1.165, 1.54) is 12.3 Å². The molecule has 0 bridgehead atoms. The van der Waals surface area contributed by atoms with Crippen molar-refractivity contribution in [3.8, 4) is 0 Å². The van der Waals surface area contributed by atoms with E-state index >= 15 is 0 Å². The van der Waals surface area contributed by atoms with Gasteiger partial charge >= 0.3 is 5.63 Å². The van der Waals surface area contributed by atoms with Crippen LogP contribution in [0.25, 0.3) is 0 Å². The maximum absolute atomic E-state index is 13.0. The van der Waals surface area contributed by atoms with Gasteiger partial charge < -0.3 is 69.0 Å². The van der Waals surface area contributed by atoms with Gasteiger partial charge in [0.25, 0.3) is 0 Å². The minimum absolute atomic E-state index is 0.0117. The molecule has 4 aliphatic carbocycles. The molecule has 17 heteroatoms. The van der Waals surface area contributed by atoms with E-state index in [4.69, 9.17) is 33.2 Å². The zero-order chi connectivity index (χ0) is 40.5. The lowest BCUT2D eigenvalue weighted by atomic mass is 9.41. The summed E-state index contributed by atoms with van der Waals surface area (Å²) in [6.45, 7) is 5.45. The van der Waals surface area contributed by atoms with Crippen LogP contribution in [-0.2, 0) is 23.7 Å². The van der Waals surface area contributed by atoms with Crippen LogP contribution in [0.3, 0.4) is 0 Å². The van der Waals surface area contributed by atoms with Crippen molar-refractivity contribution in [3.63, 3.8) is 0 Å². The predicted molar refractivity (Wildman–Crippen MR) is 197 cm³/mol. The maximum atomic E-state index is 13.0. The van der Waals surface area contributed by atoms with Crippen molar-refractivity contribution >= 4 is 6.21 Å². The Bertz CT molecular complexity index is 1640. The molecule has 8 rings (SSSR count). The number of hydrazone groups is 1. The van der Waals surface area contributed by atoms with Crippen LogP contribution in [0.1, 0.15) is 83.1 Å². The summed E-state index contributed by atoms with van der Waals surface area (Å²) in [6, 6.07) is 3.26. The Labute approximate surface area is 331 Å². The molecule has 0 radical (unpaired) electrons. The van der Waals surface area contributed by atoms with E-state index in [9.17, 15) is 45.6 Å². The van der Waals surface area contributed by atoms with Gasteiger partial charge in [0, 0.05) is 29.5 Å². The highest BCUT2D eigenvalue weighted by molar-refractivity contribution is 5.69. The van der Waals surface area contributed by atoms with Crippen molar-refractivity contribution in [1.29, 1.82) is 0 Å². The summed E-state index contributed by atoms with van der Waals surface area (Å²) in [6.07, 6.45) is -6.50. The second-order valence-corrected chi connectivity index (χ2v) is 18.0. The molecule has 17 nitrogen and oxygen atoms in total. The highest BCUT2D eigenvalue weighted by Gasteiger charge is 2.71. The minimum Gasteiger partial charge on any atom is -0.431 e. The number of aliphatic hydroxyl groups excluding tert-OH is 6. The monoisotopic (exact) mass is 808 g/mol. The first-order valence-corrected chi connectivity index (χ1v) is 20.7. The van der Waals surface area contributed by atoms with Gasteiger partial charge in [-0.25, -0.2) is 4.79 Å². The van der Waals surface area contributed by atoms with Crippen molar-refractivity contribution < 1.29 is 69.0 Å². The lowest BCUT2D eigenvalue weighted by Crippen LogP contribution is -2.69. The van der Waals surface area contributed by atoms with Crippen LogP contribution in [0, 0.1) is 22.7 Å². The average molecular weight is 809 g/mol. The quantitative estimate of drug-likeness (QED) is 0.120. The molecule has 8 N–H and O–H groups in total. The third kappa shape index (κ3) is 6.91. The smallest absolute Gasteiger partial charge is 0.335 e. The first-order valence-electron chi connectivity index (χ1n) is 20.7. The van der Waals surface area contributed by atoms with Gasteiger partial charge in [-0.05, 0) is 87.7 Å². The van der Waals surface area contributed by atoms with E-state index in [2.05, 4.69) is 6.92 Å². The van der Waals surface area contributed by atoms with Gasteiger partial charge in [-0.3, -0.25) is 5.01 Å². The first kappa shape index (κ1) is 41.6. The van der Waals surface area contributed by atoms with Gasteiger partial charge in [0.2, 0.25) is 0 Å². The molecule has 4 saturated carbocycles. The number of ether oxygens (including phenoxy) is 5. The summed E-state index contributed by atoms with van der Waals surface area (Å²) in [5.74, 6) is -0.199. The number of hydrogen-bond acceptors (Lipinski definition) is 17. The Balaban J connectivity index is 1.00. The molecule has 6 unspecified atom stereocenters. The van der Waals surface area contributed by atoms with E-state index < -0.39 is 102 Å². The Kier molecular flexibility index (Phi) is 11.5. The largest absolute Gasteiger partial charge is 0.431 e. The van der Waals surface area contributed by atoms with Crippen molar-refractivity contribution in [3.05, 3.63) is 34.4 Å². The average Bonchev–Trinajstić information content (AvgIpc) is 3.48. The fourth-order valence-corrected chi connectivity index (χ4v) is 12.1. The first-order chi connectivity index (χ1) is 27.1. The van der Waals surface area contributed by atoms with Crippen molar-refractivity contribution in [2.24, 2.45) is 27.8 Å². The third-order valence-electron chi connectivity index (χ3n) is 15.3. The maximum Gasteiger partial charge on any atom is 0.335 e. The molecule has 7 aliphatic rings. The van der Waals surface area contributed by atoms with Gasteiger partial charge in [-0.15, -0.1) is 0 Å². The number of hydrogen-bond donors (Lipinski definition) is 8. The van der Waals surface area contributed by atoms with Crippen LogP contribution < -0.4 is 5.63 Å². The number of aliphatic hydroxyl groups is 8. The van der Waals surface area contributed by atoms with Gasteiger partial charge in [-0.1, -0.05) is 6.92 Å². The van der Waals surface area contributed by atoms with Crippen LogP contribution in [0.5, 0.6) is 0 Å². The Hall–Kier alpha value is -2.10. The predicted octanol–water partition coefficient (Wildman–Crippen LogP) is -0.669. The normalized spacial score (nSPS) is 50.3. The van der Waals surface area contributed by atoms with Crippen molar-refractivity contribution in [2.45, 2.75) is 156 Å². The lowest BCUT2D eigenvalue weighted by molar-refractivity contribution is -0.361. The topological polar surface area (TPSA) is 254 Å². The van der Waals surface area contributed by atoms with Gasteiger partial charge in [0.15, 0.2) is 12.6 Å². The number of morpholine rings is 1. The van der Waals surface area contributed by atoms with Crippen LogP contribution >= 0.6 is 0 Å². The van der Waals surface area contributed by atoms with E-state index in [1.54, 1.807) is 6.92 Å². The summed E-state index contributed by atoms with van der Waals surface area (Å²) in [7, 11) is 0. The number of rotatable bonds is 8. The van der Waals surface area contributed by atoms with Crippen LogP contribution in [0.15, 0.2) is 32.7 Å². The molecule has 3 aliphatic heterocycles. The molecule has 4 heterocycles. The summed E-state index contributed by atoms with van der Waals surface area (Å²) in [4.78, 5) is 11.8. The Morgan fingerprint density at radius 2 is 1.58 bits per heavy atom. The molecular weight excluding hydrogens is 748 g/mol. The molecular formula is C40H60N2O15. The molecule has 320 valence electrons.